The van der Waals surface area contributed by atoms with Crippen LogP contribution in [0.4, 0.5) is 0 Å². The molecular formula is C21H16Br2O3. The van der Waals surface area contributed by atoms with Crippen LogP contribution in [0.2, 0.25) is 0 Å². The fourth-order valence-corrected chi connectivity index (χ4v) is 3.28. The van der Waals surface area contributed by atoms with E-state index in [1.807, 2.05) is 31.2 Å². The van der Waals surface area contributed by atoms with E-state index in [-0.39, 0.29) is 11.3 Å². The highest BCUT2D eigenvalue weighted by Gasteiger charge is 2.20. The van der Waals surface area contributed by atoms with Gasteiger partial charge in [0.2, 0.25) is 5.78 Å². The van der Waals surface area contributed by atoms with Crippen molar-refractivity contribution < 1.29 is 9.21 Å². The fourth-order valence-electron chi connectivity index (χ4n) is 2.75. The van der Waals surface area contributed by atoms with Gasteiger partial charge in [0.1, 0.15) is 11.3 Å². The molecule has 0 saturated heterocycles. The molecule has 0 N–H and O–H groups in total. The number of carbonyl (C=O) groups excluding carboxylic acids is 1. The zero-order valence-corrected chi connectivity index (χ0v) is 17.3. The van der Waals surface area contributed by atoms with Crippen molar-refractivity contribution in [2.24, 2.45) is 0 Å². The highest BCUT2D eigenvalue weighted by molar-refractivity contribution is 9.10. The molecule has 5 heteroatoms. The van der Waals surface area contributed by atoms with Crippen molar-refractivity contribution in [2.45, 2.75) is 19.8 Å². The molecule has 1 aromatic heterocycles. The molecule has 0 bridgehead atoms. The SMILES string of the molecule is CCCc1cc(-c2ccc(Br)cc2)oc(=O)c1C(=O)c1ccc(Br)cc1. The maximum Gasteiger partial charge on any atom is 0.347 e. The third-order valence-corrected chi connectivity index (χ3v) is 5.07. The smallest absolute Gasteiger partial charge is 0.347 e. The number of carbonyl (C=O) groups is 1. The number of benzene rings is 2. The van der Waals surface area contributed by atoms with Crippen LogP contribution >= 0.6 is 31.9 Å². The molecule has 0 unspecified atom stereocenters. The van der Waals surface area contributed by atoms with Gasteiger partial charge in [-0.25, -0.2) is 4.79 Å². The summed E-state index contributed by atoms with van der Waals surface area (Å²) >= 11 is 6.74. The lowest BCUT2D eigenvalue weighted by molar-refractivity contribution is 0.103. The number of ketones is 1. The molecule has 0 fully saturated rings. The Kier molecular flexibility index (Phi) is 5.89. The molecule has 0 saturated carbocycles. The highest BCUT2D eigenvalue weighted by atomic mass is 79.9. The third-order valence-electron chi connectivity index (χ3n) is 4.01. The van der Waals surface area contributed by atoms with E-state index < -0.39 is 5.63 Å². The monoisotopic (exact) mass is 474 g/mol. The fraction of sp³-hybridized carbons (Fsp3) is 0.143. The zero-order chi connectivity index (χ0) is 18.7. The third kappa shape index (κ3) is 4.05. The van der Waals surface area contributed by atoms with E-state index in [0.29, 0.717) is 17.7 Å². The van der Waals surface area contributed by atoms with Gasteiger partial charge in [0.15, 0.2) is 0 Å². The van der Waals surface area contributed by atoms with Gasteiger partial charge < -0.3 is 4.42 Å². The maximum atomic E-state index is 12.9. The van der Waals surface area contributed by atoms with E-state index in [4.69, 9.17) is 4.42 Å². The molecule has 0 amide bonds. The quantitative estimate of drug-likeness (QED) is 0.424. The van der Waals surface area contributed by atoms with E-state index >= 15 is 0 Å². The van der Waals surface area contributed by atoms with E-state index in [1.165, 1.54) is 0 Å². The molecule has 1 heterocycles. The summed E-state index contributed by atoms with van der Waals surface area (Å²) in [5, 5.41) is 0. The lowest BCUT2D eigenvalue weighted by atomic mass is 9.96. The summed E-state index contributed by atoms with van der Waals surface area (Å²) in [5.74, 6) is 0.162. The van der Waals surface area contributed by atoms with Crippen molar-refractivity contribution in [1.82, 2.24) is 0 Å². The van der Waals surface area contributed by atoms with Crippen LogP contribution in [0.1, 0.15) is 34.8 Å². The second-order valence-electron chi connectivity index (χ2n) is 5.89. The first-order valence-corrected chi connectivity index (χ1v) is 9.81. The number of rotatable bonds is 5. The van der Waals surface area contributed by atoms with Gasteiger partial charge in [0.05, 0.1) is 0 Å². The molecular weight excluding hydrogens is 460 g/mol. The van der Waals surface area contributed by atoms with E-state index in [2.05, 4.69) is 31.9 Å². The minimum absolute atomic E-state index is 0.120. The Balaban J connectivity index is 2.10. The van der Waals surface area contributed by atoms with Crippen molar-refractivity contribution in [3.63, 3.8) is 0 Å². The Labute approximate surface area is 168 Å². The van der Waals surface area contributed by atoms with Crippen LogP contribution in [0.25, 0.3) is 11.3 Å². The van der Waals surface area contributed by atoms with E-state index in [1.54, 1.807) is 30.3 Å². The molecule has 2 aromatic carbocycles. The minimum Gasteiger partial charge on any atom is -0.422 e. The number of aryl methyl sites for hydroxylation is 1. The van der Waals surface area contributed by atoms with Crippen molar-refractivity contribution in [3.05, 3.63) is 90.7 Å². The van der Waals surface area contributed by atoms with Crippen molar-refractivity contribution in [2.75, 3.05) is 0 Å². The first kappa shape index (κ1) is 18.8. The molecule has 0 aliphatic carbocycles. The average Bonchev–Trinajstić information content (AvgIpc) is 2.62. The zero-order valence-electron chi connectivity index (χ0n) is 14.1. The molecule has 0 aliphatic heterocycles. The number of halogens is 2. The van der Waals surface area contributed by atoms with Crippen LogP contribution in [0.15, 0.2) is 72.8 Å². The second-order valence-corrected chi connectivity index (χ2v) is 7.72. The van der Waals surface area contributed by atoms with Gasteiger partial charge in [-0.05, 0) is 54.4 Å². The Morgan fingerprint density at radius 1 is 0.962 bits per heavy atom. The van der Waals surface area contributed by atoms with Crippen LogP contribution in [0.5, 0.6) is 0 Å². The molecule has 132 valence electrons. The van der Waals surface area contributed by atoms with Crippen LogP contribution < -0.4 is 5.63 Å². The Hall–Kier alpha value is -1.98. The largest absolute Gasteiger partial charge is 0.422 e. The summed E-state index contributed by atoms with van der Waals surface area (Å²) in [4.78, 5) is 25.5. The standard InChI is InChI=1S/C21H16Br2O3/c1-2-3-15-12-18(13-4-8-16(22)9-5-13)26-21(25)19(15)20(24)14-6-10-17(23)11-7-14/h4-12H,2-3H2,1H3. The molecule has 3 rings (SSSR count). The molecule has 26 heavy (non-hydrogen) atoms. The predicted molar refractivity (Wildman–Crippen MR) is 110 cm³/mol. The summed E-state index contributed by atoms with van der Waals surface area (Å²) in [6, 6.07) is 16.3. The van der Waals surface area contributed by atoms with Gasteiger partial charge in [-0.3, -0.25) is 4.79 Å². The first-order chi connectivity index (χ1) is 12.5. The van der Waals surface area contributed by atoms with Gasteiger partial charge in [0, 0.05) is 20.1 Å². The topological polar surface area (TPSA) is 47.3 Å². The Bertz CT molecular complexity index is 987. The van der Waals surface area contributed by atoms with Gasteiger partial charge >= 0.3 is 5.63 Å². The summed E-state index contributed by atoms with van der Waals surface area (Å²) < 4.78 is 7.31. The van der Waals surface area contributed by atoms with Crippen LogP contribution in [0, 0.1) is 0 Å². The van der Waals surface area contributed by atoms with Crippen molar-refractivity contribution >= 4 is 37.6 Å². The summed E-state index contributed by atoms with van der Waals surface area (Å²) in [5.41, 5.74) is 1.51. The lowest BCUT2D eigenvalue weighted by Gasteiger charge is -2.09. The normalized spacial score (nSPS) is 10.7. The van der Waals surface area contributed by atoms with E-state index in [9.17, 15) is 9.59 Å². The summed E-state index contributed by atoms with van der Waals surface area (Å²) in [6.45, 7) is 2.02. The van der Waals surface area contributed by atoms with Gasteiger partial charge in [0.25, 0.3) is 0 Å². The Morgan fingerprint density at radius 2 is 1.54 bits per heavy atom. The first-order valence-electron chi connectivity index (χ1n) is 8.23. The molecule has 0 atom stereocenters. The lowest BCUT2D eigenvalue weighted by Crippen LogP contribution is -2.18. The van der Waals surface area contributed by atoms with Crippen LogP contribution in [0.3, 0.4) is 0 Å². The summed E-state index contributed by atoms with van der Waals surface area (Å²) in [6.07, 6.45) is 1.45. The maximum absolute atomic E-state index is 12.9. The van der Waals surface area contributed by atoms with Crippen LogP contribution in [-0.2, 0) is 6.42 Å². The Morgan fingerprint density at radius 3 is 2.12 bits per heavy atom. The number of hydrogen-bond donors (Lipinski definition) is 0. The number of hydrogen-bond acceptors (Lipinski definition) is 3. The molecule has 0 aliphatic rings. The summed E-state index contributed by atoms with van der Waals surface area (Å²) in [7, 11) is 0. The molecule has 3 nitrogen and oxygen atoms in total. The molecule has 3 aromatic rings. The second kappa shape index (κ2) is 8.14. The van der Waals surface area contributed by atoms with Gasteiger partial charge in [-0.2, -0.15) is 0 Å². The van der Waals surface area contributed by atoms with Gasteiger partial charge in [-0.1, -0.05) is 57.3 Å². The van der Waals surface area contributed by atoms with Gasteiger partial charge in [-0.15, -0.1) is 0 Å². The average molecular weight is 476 g/mol. The molecule has 0 radical (unpaired) electrons. The van der Waals surface area contributed by atoms with E-state index in [0.717, 1.165) is 26.5 Å². The molecule has 0 spiro atoms. The van der Waals surface area contributed by atoms with Crippen molar-refractivity contribution in [3.8, 4) is 11.3 Å². The van der Waals surface area contributed by atoms with Crippen molar-refractivity contribution in [1.29, 1.82) is 0 Å². The highest BCUT2D eigenvalue weighted by Crippen LogP contribution is 2.24. The minimum atomic E-state index is -0.596. The predicted octanol–water partition coefficient (Wildman–Crippen LogP) is 6.02. The van der Waals surface area contributed by atoms with Crippen LogP contribution in [-0.4, -0.2) is 5.78 Å².